The first kappa shape index (κ1) is 31.2. The van der Waals surface area contributed by atoms with E-state index < -0.39 is 13.7 Å². The number of pyridine rings is 2. The molecule has 0 unspecified atom stereocenters. The van der Waals surface area contributed by atoms with Crippen molar-refractivity contribution in [2.45, 2.75) is 65.2 Å². The number of hydrogen-bond donors (Lipinski definition) is 0. The molecule has 1 amide bonds. The van der Waals surface area contributed by atoms with Crippen LogP contribution < -0.4 is 4.74 Å². The molecule has 0 atom stereocenters. The molecule has 3 heterocycles. The summed E-state index contributed by atoms with van der Waals surface area (Å²) in [4.78, 5) is 23.1. The number of carbonyl (C=O) groups excluding carboxylic acids is 1. The molecule has 9 heteroatoms. The Kier molecular flexibility index (Phi) is 10.1. The smallest absolute Gasteiger partial charge is 0.410 e. The van der Waals surface area contributed by atoms with Crippen LogP contribution in [0.1, 0.15) is 27.2 Å². The van der Waals surface area contributed by atoms with Crippen molar-refractivity contribution in [3.63, 3.8) is 0 Å². The zero-order valence-electron chi connectivity index (χ0n) is 26.0. The fourth-order valence-corrected chi connectivity index (χ4v) is 5.36. The van der Waals surface area contributed by atoms with Crippen molar-refractivity contribution in [2.24, 2.45) is 0 Å². The Hall–Kier alpha value is -3.69. The lowest BCUT2D eigenvalue weighted by atomic mass is 10.0. The summed E-state index contributed by atoms with van der Waals surface area (Å²) in [6.07, 6.45) is 5.67. The Bertz CT molecular complexity index is 1480. The van der Waals surface area contributed by atoms with Crippen LogP contribution in [-0.4, -0.2) is 66.0 Å². The highest BCUT2D eigenvalue weighted by Gasteiger charge is 2.24. The molecule has 8 nitrogen and oxygen atoms in total. The number of amides is 1. The zero-order valence-corrected chi connectivity index (χ0v) is 27.0. The minimum atomic E-state index is -1.24. The number of fused-ring (bicyclic) bond motifs is 1. The van der Waals surface area contributed by atoms with E-state index in [9.17, 15) is 4.79 Å². The zero-order chi connectivity index (χ0) is 30.3. The van der Waals surface area contributed by atoms with Crippen LogP contribution >= 0.6 is 0 Å². The van der Waals surface area contributed by atoms with Gasteiger partial charge in [-0.05, 0) is 57.0 Å². The van der Waals surface area contributed by atoms with Gasteiger partial charge in [-0.1, -0.05) is 50.0 Å². The second-order valence-corrected chi connectivity index (χ2v) is 18.3. The van der Waals surface area contributed by atoms with E-state index in [1.807, 2.05) is 57.3 Å². The summed E-state index contributed by atoms with van der Waals surface area (Å²) in [5.74, 6) is 0.667. The van der Waals surface area contributed by atoms with Gasteiger partial charge < -0.3 is 23.7 Å². The Morgan fingerprint density at radius 2 is 1.76 bits per heavy atom. The van der Waals surface area contributed by atoms with Gasteiger partial charge in [0.2, 0.25) is 0 Å². The number of hydrogen-bond acceptors (Lipinski definition) is 6. The first-order chi connectivity index (χ1) is 19.9. The lowest BCUT2D eigenvalue weighted by Crippen LogP contribution is -2.35. The SMILES string of the molecule is CN(CCCOc1cnccc1-c1c(-c2ccccc2)c2ncccc2n1COCC[Si](C)(C)C)C(=O)OC(C)(C)C. The van der Waals surface area contributed by atoms with E-state index in [0.29, 0.717) is 38.7 Å². The van der Waals surface area contributed by atoms with E-state index >= 15 is 0 Å². The van der Waals surface area contributed by atoms with E-state index in [1.54, 1.807) is 24.3 Å². The van der Waals surface area contributed by atoms with E-state index in [1.165, 1.54) is 0 Å². The molecule has 1 aromatic carbocycles. The van der Waals surface area contributed by atoms with Crippen LogP contribution in [-0.2, 0) is 16.2 Å². The van der Waals surface area contributed by atoms with Gasteiger partial charge in [-0.3, -0.25) is 9.97 Å². The molecule has 0 fully saturated rings. The topological polar surface area (TPSA) is 78.7 Å². The first-order valence-corrected chi connectivity index (χ1v) is 18.3. The minimum absolute atomic E-state index is 0.344. The highest BCUT2D eigenvalue weighted by molar-refractivity contribution is 6.76. The van der Waals surface area contributed by atoms with Gasteiger partial charge in [0.05, 0.1) is 29.5 Å². The van der Waals surface area contributed by atoms with Gasteiger partial charge in [-0.15, -0.1) is 0 Å². The summed E-state index contributed by atoms with van der Waals surface area (Å²) >= 11 is 0. The Labute approximate surface area is 250 Å². The van der Waals surface area contributed by atoms with Crippen molar-refractivity contribution in [1.82, 2.24) is 19.4 Å². The molecule has 224 valence electrons. The lowest BCUT2D eigenvalue weighted by Gasteiger charge is -2.24. The van der Waals surface area contributed by atoms with Crippen LogP contribution in [0.25, 0.3) is 33.4 Å². The van der Waals surface area contributed by atoms with E-state index in [-0.39, 0.29) is 6.09 Å². The number of aromatic nitrogens is 3. The number of rotatable bonds is 12. The summed E-state index contributed by atoms with van der Waals surface area (Å²) in [7, 11) is 0.503. The van der Waals surface area contributed by atoms with Gasteiger partial charge in [0.15, 0.2) is 0 Å². The summed E-state index contributed by atoms with van der Waals surface area (Å²) in [6.45, 7) is 14.7. The minimum Gasteiger partial charge on any atom is -0.491 e. The molecule has 3 aromatic heterocycles. The van der Waals surface area contributed by atoms with Crippen LogP contribution in [0.2, 0.25) is 25.7 Å². The molecule has 0 bridgehead atoms. The predicted molar refractivity (Wildman–Crippen MR) is 171 cm³/mol. The monoisotopic (exact) mass is 588 g/mol. The molecule has 0 aliphatic carbocycles. The maximum atomic E-state index is 12.4. The third-order valence-electron chi connectivity index (χ3n) is 6.74. The quantitative estimate of drug-likeness (QED) is 0.125. The fraction of sp³-hybridized carbons (Fsp3) is 0.424. The normalized spacial score (nSPS) is 12.0. The second kappa shape index (κ2) is 13.5. The summed E-state index contributed by atoms with van der Waals surface area (Å²) in [5, 5.41) is 0. The number of benzene rings is 1. The molecule has 42 heavy (non-hydrogen) atoms. The van der Waals surface area contributed by atoms with Gasteiger partial charge in [-0.25, -0.2) is 4.79 Å². The molecule has 0 spiro atoms. The fourth-order valence-electron chi connectivity index (χ4n) is 4.61. The van der Waals surface area contributed by atoms with Crippen LogP contribution in [0.3, 0.4) is 0 Å². The van der Waals surface area contributed by atoms with Crippen molar-refractivity contribution in [2.75, 3.05) is 26.8 Å². The van der Waals surface area contributed by atoms with Gasteiger partial charge in [0, 0.05) is 51.8 Å². The summed E-state index contributed by atoms with van der Waals surface area (Å²) in [6, 6.07) is 17.5. The predicted octanol–water partition coefficient (Wildman–Crippen LogP) is 7.71. The average molecular weight is 589 g/mol. The number of ether oxygens (including phenoxy) is 3. The molecule has 0 aliphatic rings. The average Bonchev–Trinajstić information content (AvgIpc) is 3.26. The molecule has 4 aromatic rings. The Balaban J connectivity index is 1.66. The molecule has 0 saturated heterocycles. The molecule has 0 saturated carbocycles. The number of carbonyl (C=O) groups is 1. The maximum Gasteiger partial charge on any atom is 0.410 e. The molecule has 0 aliphatic heterocycles. The molecular formula is C33H44N4O4Si. The van der Waals surface area contributed by atoms with Gasteiger partial charge in [0.25, 0.3) is 0 Å². The second-order valence-electron chi connectivity index (χ2n) is 12.7. The maximum absolute atomic E-state index is 12.4. The van der Waals surface area contributed by atoms with Crippen LogP contribution in [0, 0.1) is 0 Å². The third kappa shape index (κ3) is 8.20. The van der Waals surface area contributed by atoms with Crippen LogP contribution in [0.4, 0.5) is 4.79 Å². The standard InChI is InChI=1S/C33H44N4O4Si/c1-33(2,3)41-32(38)36(4)19-12-20-40-28-23-34-18-16-26(28)31-29(25-13-9-8-10-14-25)30-27(15-11-17-35-30)37(31)24-39-21-22-42(5,6)7/h8-11,13-18,23H,12,19-22,24H2,1-7H3. The van der Waals surface area contributed by atoms with Crippen LogP contribution in [0.5, 0.6) is 5.75 Å². The van der Waals surface area contributed by atoms with Crippen molar-refractivity contribution in [1.29, 1.82) is 0 Å². The van der Waals surface area contributed by atoms with Crippen molar-refractivity contribution >= 4 is 25.2 Å². The highest BCUT2D eigenvalue weighted by atomic mass is 28.3. The first-order valence-electron chi connectivity index (χ1n) is 14.6. The van der Waals surface area contributed by atoms with E-state index in [2.05, 4.69) is 47.4 Å². The Morgan fingerprint density at radius 3 is 2.48 bits per heavy atom. The van der Waals surface area contributed by atoms with E-state index in [0.717, 1.165) is 39.5 Å². The van der Waals surface area contributed by atoms with E-state index in [4.69, 9.17) is 19.2 Å². The van der Waals surface area contributed by atoms with Crippen molar-refractivity contribution < 1.29 is 19.0 Å². The molecule has 0 N–H and O–H groups in total. The molecule has 0 radical (unpaired) electrons. The van der Waals surface area contributed by atoms with Gasteiger partial charge >= 0.3 is 6.09 Å². The summed E-state index contributed by atoms with van der Waals surface area (Å²) < 4.78 is 20.3. The largest absolute Gasteiger partial charge is 0.491 e. The van der Waals surface area contributed by atoms with Crippen LogP contribution in [0.15, 0.2) is 67.1 Å². The third-order valence-corrected chi connectivity index (χ3v) is 8.44. The van der Waals surface area contributed by atoms with Gasteiger partial charge in [-0.2, -0.15) is 0 Å². The highest BCUT2D eigenvalue weighted by Crippen LogP contribution is 2.43. The number of nitrogens with zero attached hydrogens (tertiary/aromatic N) is 4. The molecular weight excluding hydrogens is 544 g/mol. The lowest BCUT2D eigenvalue weighted by molar-refractivity contribution is 0.0292. The Morgan fingerprint density at radius 1 is 1.00 bits per heavy atom. The van der Waals surface area contributed by atoms with Crippen molar-refractivity contribution in [3.05, 3.63) is 67.1 Å². The van der Waals surface area contributed by atoms with Crippen molar-refractivity contribution in [3.8, 4) is 28.1 Å². The summed E-state index contributed by atoms with van der Waals surface area (Å²) in [5.41, 5.74) is 5.37. The molecule has 4 rings (SSSR count). The van der Waals surface area contributed by atoms with Gasteiger partial charge in [0.1, 0.15) is 18.1 Å².